The van der Waals surface area contributed by atoms with E-state index in [9.17, 15) is 9.59 Å². The highest BCUT2D eigenvalue weighted by Crippen LogP contribution is 2.41. The van der Waals surface area contributed by atoms with E-state index in [-0.39, 0.29) is 46.7 Å². The molecule has 228 valence electrons. The molecule has 1 N–H and O–H groups in total. The molecule has 0 aliphatic rings. The first-order valence-electron chi connectivity index (χ1n) is 14.7. The third-order valence-electron chi connectivity index (χ3n) is 7.93. The van der Waals surface area contributed by atoms with Gasteiger partial charge in [-0.1, -0.05) is 79.3 Å². The van der Waals surface area contributed by atoms with Crippen LogP contribution in [0.5, 0.6) is 0 Å². The summed E-state index contributed by atoms with van der Waals surface area (Å²) in [7, 11) is -0.828. The number of carbonyl (C=O) groups is 2. The summed E-state index contributed by atoms with van der Waals surface area (Å²) in [5, 5.41) is 9.66. The molecule has 9 nitrogen and oxygen atoms in total. The predicted molar refractivity (Wildman–Crippen MR) is 166 cm³/mol. The van der Waals surface area contributed by atoms with E-state index in [2.05, 4.69) is 81.9 Å². The first kappa shape index (κ1) is 36.1. The summed E-state index contributed by atoms with van der Waals surface area (Å²) < 4.78 is 11.7. The number of methoxy groups -OCH3 is 1. The molecule has 11 heteroatoms. The Bertz CT molecular complexity index is 972. The summed E-state index contributed by atoms with van der Waals surface area (Å²) in [4.78, 5) is 32.8. The molecule has 4 atom stereocenters. The molecular formula is C29H53N5O4SSi. The van der Waals surface area contributed by atoms with Gasteiger partial charge in [0.2, 0.25) is 5.91 Å². The number of amides is 1. The first-order chi connectivity index (χ1) is 18.6. The van der Waals surface area contributed by atoms with Crippen LogP contribution in [0.15, 0.2) is 10.5 Å². The molecule has 0 bridgehead atoms. The Labute approximate surface area is 247 Å². The van der Waals surface area contributed by atoms with Crippen molar-refractivity contribution in [3.8, 4) is 0 Å². The number of azide groups is 1. The summed E-state index contributed by atoms with van der Waals surface area (Å²) in [6.07, 6.45) is 6.45. The van der Waals surface area contributed by atoms with E-state index >= 15 is 0 Å². The summed E-state index contributed by atoms with van der Waals surface area (Å²) in [5.41, 5.74) is 9.12. The SMILES string of the molecule is CCCCC(CCC[C@H](C)CC(=O)N[C@H](C[C@@H](O[Si](C)(C)C(C)(C)C)c1nc(C(=O)OC)cs1)C(C)C)N=[N+]=[N-]. The molecule has 0 aliphatic carbocycles. The van der Waals surface area contributed by atoms with Crippen molar-refractivity contribution in [2.45, 2.75) is 136 Å². The maximum absolute atomic E-state index is 13.1. The number of hydrogen-bond acceptors (Lipinski definition) is 7. The fourth-order valence-electron chi connectivity index (χ4n) is 4.25. The highest BCUT2D eigenvalue weighted by Gasteiger charge is 2.41. The van der Waals surface area contributed by atoms with Crippen molar-refractivity contribution < 1.29 is 18.8 Å². The van der Waals surface area contributed by atoms with Crippen LogP contribution in [0.2, 0.25) is 18.1 Å². The van der Waals surface area contributed by atoms with Crippen LogP contribution in [0.3, 0.4) is 0 Å². The summed E-state index contributed by atoms with van der Waals surface area (Å²) in [5.74, 6) is -0.0174. The number of nitrogens with one attached hydrogen (secondary N) is 1. The smallest absolute Gasteiger partial charge is 0.357 e. The largest absolute Gasteiger partial charge is 0.464 e. The summed E-state index contributed by atoms with van der Waals surface area (Å²) in [6, 6.07) is -0.0666. The Balaban J connectivity index is 2.92. The zero-order chi connectivity index (χ0) is 30.5. The molecule has 40 heavy (non-hydrogen) atoms. The van der Waals surface area contributed by atoms with Gasteiger partial charge in [-0.05, 0) is 54.8 Å². The number of ether oxygens (including phenoxy) is 1. The van der Waals surface area contributed by atoms with Gasteiger partial charge in [0.05, 0.1) is 13.2 Å². The Hall–Kier alpha value is -1.94. The predicted octanol–water partition coefficient (Wildman–Crippen LogP) is 8.59. The molecule has 1 rings (SSSR count). The molecule has 0 spiro atoms. The molecule has 0 saturated heterocycles. The van der Waals surface area contributed by atoms with Crippen molar-refractivity contribution >= 4 is 31.5 Å². The highest BCUT2D eigenvalue weighted by molar-refractivity contribution is 7.09. The molecule has 0 fully saturated rings. The number of aromatic nitrogens is 1. The lowest BCUT2D eigenvalue weighted by molar-refractivity contribution is -0.123. The average molecular weight is 596 g/mol. The molecule has 0 saturated carbocycles. The second kappa shape index (κ2) is 17.1. The van der Waals surface area contributed by atoms with Crippen LogP contribution in [0.25, 0.3) is 10.4 Å². The van der Waals surface area contributed by atoms with E-state index in [1.54, 1.807) is 5.38 Å². The molecule has 1 unspecified atom stereocenters. The lowest BCUT2D eigenvalue weighted by atomic mass is 9.95. The van der Waals surface area contributed by atoms with Gasteiger partial charge in [-0.2, -0.15) is 0 Å². The van der Waals surface area contributed by atoms with Crippen LogP contribution < -0.4 is 5.32 Å². The van der Waals surface area contributed by atoms with Gasteiger partial charge >= 0.3 is 5.97 Å². The average Bonchev–Trinajstić information content (AvgIpc) is 3.35. The van der Waals surface area contributed by atoms with E-state index in [4.69, 9.17) is 14.7 Å². The van der Waals surface area contributed by atoms with E-state index in [1.165, 1.54) is 18.4 Å². The van der Waals surface area contributed by atoms with Crippen LogP contribution in [-0.4, -0.2) is 44.4 Å². The van der Waals surface area contributed by atoms with Crippen LogP contribution in [-0.2, 0) is 14.0 Å². The first-order valence-corrected chi connectivity index (χ1v) is 18.5. The monoisotopic (exact) mass is 595 g/mol. The zero-order valence-electron chi connectivity index (χ0n) is 26.5. The molecule has 1 amide bonds. The minimum absolute atomic E-state index is 0.00616. The topological polar surface area (TPSA) is 126 Å². The summed E-state index contributed by atoms with van der Waals surface area (Å²) >= 11 is 1.40. The number of carbonyl (C=O) groups excluding carboxylic acids is 2. The maximum atomic E-state index is 13.1. The number of hydrogen-bond donors (Lipinski definition) is 1. The van der Waals surface area contributed by atoms with E-state index in [0.29, 0.717) is 12.8 Å². The zero-order valence-corrected chi connectivity index (χ0v) is 28.3. The molecule has 1 aromatic heterocycles. The standard InChI is InChI=1S/C29H53N5O4SSi/c1-11-12-15-22(33-34-30)16-13-14-21(4)17-26(35)31-23(20(2)3)18-25(38-40(9,10)29(5,6)7)27-32-24(19-39-27)28(36)37-8/h19-23,25H,11-18H2,1-10H3,(H,31,35)/t21-,22?,23+,25+/m0/s1. The van der Waals surface area contributed by atoms with Crippen molar-refractivity contribution in [1.29, 1.82) is 0 Å². The van der Waals surface area contributed by atoms with E-state index in [1.807, 2.05) is 0 Å². The summed E-state index contributed by atoms with van der Waals surface area (Å²) in [6.45, 7) is 19.4. The van der Waals surface area contributed by atoms with Crippen LogP contribution >= 0.6 is 11.3 Å². The van der Waals surface area contributed by atoms with Gasteiger partial charge in [0.25, 0.3) is 0 Å². The van der Waals surface area contributed by atoms with Crippen molar-refractivity contribution in [2.24, 2.45) is 17.0 Å². The Kier molecular flexibility index (Phi) is 15.4. The second-order valence-corrected chi connectivity index (χ2v) is 18.5. The van der Waals surface area contributed by atoms with Crippen molar-refractivity contribution in [2.75, 3.05) is 7.11 Å². The minimum Gasteiger partial charge on any atom is -0.464 e. The molecule has 0 aromatic carbocycles. The number of esters is 1. The number of unbranched alkanes of at least 4 members (excludes halogenated alkanes) is 1. The van der Waals surface area contributed by atoms with Crippen LogP contribution in [0, 0.1) is 11.8 Å². The van der Waals surface area contributed by atoms with Crippen molar-refractivity contribution in [3.63, 3.8) is 0 Å². The fourth-order valence-corrected chi connectivity index (χ4v) is 6.44. The lowest BCUT2D eigenvalue weighted by Gasteiger charge is -2.40. The van der Waals surface area contributed by atoms with Crippen molar-refractivity contribution in [1.82, 2.24) is 10.3 Å². The number of thiazole rings is 1. The van der Waals surface area contributed by atoms with Crippen LogP contribution in [0.1, 0.15) is 121 Å². The van der Waals surface area contributed by atoms with Gasteiger partial charge < -0.3 is 14.5 Å². The number of nitrogens with zero attached hydrogens (tertiary/aromatic N) is 4. The third kappa shape index (κ3) is 12.3. The van der Waals surface area contributed by atoms with Crippen LogP contribution in [0.4, 0.5) is 0 Å². The normalized spacial score (nSPS) is 15.2. The minimum atomic E-state index is -2.18. The van der Waals surface area contributed by atoms with Crippen molar-refractivity contribution in [3.05, 3.63) is 26.5 Å². The number of rotatable bonds is 18. The molecule has 0 radical (unpaired) electrons. The quantitative estimate of drug-likeness (QED) is 0.0598. The Morgan fingerprint density at radius 3 is 2.38 bits per heavy atom. The van der Waals surface area contributed by atoms with Gasteiger partial charge in [0.1, 0.15) is 5.01 Å². The van der Waals surface area contributed by atoms with Gasteiger partial charge in [0.15, 0.2) is 14.0 Å². The fraction of sp³-hybridized carbons (Fsp3) is 0.828. The Morgan fingerprint density at radius 2 is 1.82 bits per heavy atom. The lowest BCUT2D eigenvalue weighted by Crippen LogP contribution is -2.45. The van der Waals surface area contributed by atoms with Gasteiger partial charge in [0, 0.05) is 28.8 Å². The molecular weight excluding hydrogens is 543 g/mol. The van der Waals surface area contributed by atoms with E-state index in [0.717, 1.165) is 43.5 Å². The molecule has 1 aromatic rings. The van der Waals surface area contributed by atoms with Gasteiger partial charge in [-0.15, -0.1) is 11.3 Å². The molecule has 0 aliphatic heterocycles. The van der Waals surface area contributed by atoms with Gasteiger partial charge in [-0.25, -0.2) is 9.78 Å². The maximum Gasteiger partial charge on any atom is 0.357 e. The Morgan fingerprint density at radius 1 is 1.18 bits per heavy atom. The highest BCUT2D eigenvalue weighted by atomic mass is 32.1. The third-order valence-corrected chi connectivity index (χ3v) is 13.4. The molecule has 1 heterocycles. The second-order valence-electron chi connectivity index (χ2n) is 12.8. The van der Waals surface area contributed by atoms with E-state index < -0.39 is 14.3 Å². The van der Waals surface area contributed by atoms with Gasteiger partial charge in [-0.3, -0.25) is 4.79 Å².